The Kier molecular flexibility index (Phi) is 3.63. The Bertz CT molecular complexity index is 297. The lowest BCUT2D eigenvalue weighted by Gasteiger charge is -2.26. The molecule has 0 saturated heterocycles. The maximum atomic E-state index is 8.69. The predicted molar refractivity (Wildman–Crippen MR) is 55.1 cm³/mol. The molecule has 0 fully saturated rings. The second kappa shape index (κ2) is 4.55. The molecule has 2 N–H and O–H groups in total. The van der Waals surface area contributed by atoms with Crippen LogP contribution in [0, 0.1) is 0 Å². The lowest BCUT2D eigenvalue weighted by molar-refractivity contribution is 0.0179. The molecule has 0 atom stereocenters. The van der Waals surface area contributed by atoms with Crippen LogP contribution in [0.15, 0.2) is 24.3 Å². The molecular weight excluding hydrogens is 178 g/mol. The van der Waals surface area contributed by atoms with Crippen LogP contribution in [0.4, 0.5) is 0 Å². The molecule has 0 unspecified atom stereocenters. The van der Waals surface area contributed by atoms with Crippen molar-refractivity contribution in [1.82, 2.24) is 5.48 Å². The van der Waals surface area contributed by atoms with Crippen molar-refractivity contribution < 1.29 is 9.94 Å². The molecule has 0 saturated carbocycles. The van der Waals surface area contributed by atoms with Gasteiger partial charge in [-0.3, -0.25) is 0 Å². The molecule has 0 radical (unpaired) electrons. The third-order valence-electron chi connectivity index (χ3n) is 2.45. The van der Waals surface area contributed by atoms with E-state index in [1.165, 1.54) is 0 Å². The van der Waals surface area contributed by atoms with Gasteiger partial charge in [-0.05, 0) is 25.0 Å². The summed E-state index contributed by atoms with van der Waals surface area (Å²) < 4.78 is 5.40. The molecule has 0 aliphatic rings. The van der Waals surface area contributed by atoms with E-state index in [9.17, 15) is 0 Å². The molecule has 3 heteroatoms. The van der Waals surface area contributed by atoms with Crippen LogP contribution < -0.4 is 5.48 Å². The zero-order valence-electron chi connectivity index (χ0n) is 8.87. The van der Waals surface area contributed by atoms with Gasteiger partial charge >= 0.3 is 0 Å². The highest BCUT2D eigenvalue weighted by Gasteiger charge is 2.21. The molecule has 1 rings (SSSR count). The fraction of sp³-hybridized carbons (Fsp3) is 0.455. The van der Waals surface area contributed by atoms with Gasteiger partial charge < -0.3 is 9.94 Å². The number of benzene rings is 1. The van der Waals surface area contributed by atoms with Crippen LogP contribution in [-0.4, -0.2) is 12.3 Å². The minimum atomic E-state index is -0.326. The summed E-state index contributed by atoms with van der Waals surface area (Å²) in [5, 5.41) is 8.69. The highest BCUT2D eigenvalue weighted by Crippen LogP contribution is 2.26. The Morgan fingerprint density at radius 1 is 1.36 bits per heavy atom. The number of rotatable bonds is 4. The van der Waals surface area contributed by atoms with Crippen LogP contribution in [0.5, 0.6) is 0 Å². The molecule has 0 aromatic heterocycles. The van der Waals surface area contributed by atoms with E-state index in [2.05, 4.69) is 5.48 Å². The molecule has 14 heavy (non-hydrogen) atoms. The molecule has 1 aromatic carbocycles. The molecule has 3 nitrogen and oxygen atoms in total. The molecule has 1 aromatic rings. The summed E-state index contributed by atoms with van der Waals surface area (Å²) in [5.74, 6) is 0. The van der Waals surface area contributed by atoms with Gasteiger partial charge in [-0.25, -0.2) is 5.48 Å². The lowest BCUT2D eigenvalue weighted by Crippen LogP contribution is -2.23. The van der Waals surface area contributed by atoms with Crippen molar-refractivity contribution in [2.45, 2.75) is 26.0 Å². The molecule has 78 valence electrons. The van der Waals surface area contributed by atoms with E-state index < -0.39 is 0 Å². The second-order valence-corrected chi connectivity index (χ2v) is 3.71. The van der Waals surface area contributed by atoms with E-state index in [0.29, 0.717) is 6.54 Å². The van der Waals surface area contributed by atoms with E-state index in [4.69, 9.17) is 9.94 Å². The Morgan fingerprint density at radius 2 is 2.00 bits per heavy atom. The maximum Gasteiger partial charge on any atom is 0.0874 e. The minimum absolute atomic E-state index is 0.326. The van der Waals surface area contributed by atoms with E-state index in [0.717, 1.165) is 11.1 Å². The summed E-state index contributed by atoms with van der Waals surface area (Å²) in [6.07, 6.45) is 0. The third kappa shape index (κ3) is 2.32. The molecule has 0 aliphatic carbocycles. The molecule has 0 bridgehead atoms. The Morgan fingerprint density at radius 3 is 2.57 bits per heavy atom. The van der Waals surface area contributed by atoms with Gasteiger partial charge in [-0.1, -0.05) is 24.3 Å². The summed E-state index contributed by atoms with van der Waals surface area (Å²) >= 11 is 0. The van der Waals surface area contributed by atoms with Crippen molar-refractivity contribution in [3.05, 3.63) is 35.4 Å². The van der Waals surface area contributed by atoms with Crippen molar-refractivity contribution in [2.24, 2.45) is 0 Å². The summed E-state index contributed by atoms with van der Waals surface area (Å²) in [7, 11) is 1.68. The van der Waals surface area contributed by atoms with Crippen LogP contribution in [0.3, 0.4) is 0 Å². The van der Waals surface area contributed by atoms with Gasteiger partial charge in [0.1, 0.15) is 0 Å². The van der Waals surface area contributed by atoms with Gasteiger partial charge in [-0.15, -0.1) is 0 Å². The SMILES string of the molecule is COC(C)(C)c1ccccc1CNO. The first kappa shape index (κ1) is 11.2. The molecule has 0 aliphatic heterocycles. The van der Waals surface area contributed by atoms with Crippen molar-refractivity contribution in [1.29, 1.82) is 0 Å². The highest BCUT2D eigenvalue weighted by atomic mass is 16.5. The minimum Gasteiger partial charge on any atom is -0.374 e. The van der Waals surface area contributed by atoms with E-state index >= 15 is 0 Å². The van der Waals surface area contributed by atoms with Gasteiger partial charge in [0, 0.05) is 13.7 Å². The van der Waals surface area contributed by atoms with Crippen LogP contribution in [0.2, 0.25) is 0 Å². The van der Waals surface area contributed by atoms with Crippen molar-refractivity contribution >= 4 is 0 Å². The Balaban J connectivity index is 3.06. The molecule has 0 amide bonds. The van der Waals surface area contributed by atoms with Crippen LogP contribution in [-0.2, 0) is 16.9 Å². The summed E-state index contributed by atoms with van der Waals surface area (Å²) in [4.78, 5) is 0. The highest BCUT2D eigenvalue weighted by molar-refractivity contribution is 5.31. The Hall–Kier alpha value is -0.900. The number of hydroxylamine groups is 1. The zero-order valence-corrected chi connectivity index (χ0v) is 8.87. The van der Waals surface area contributed by atoms with Crippen LogP contribution in [0.25, 0.3) is 0 Å². The second-order valence-electron chi connectivity index (χ2n) is 3.71. The number of hydrogen-bond acceptors (Lipinski definition) is 3. The van der Waals surface area contributed by atoms with Gasteiger partial charge in [0.25, 0.3) is 0 Å². The quantitative estimate of drug-likeness (QED) is 0.722. The maximum absolute atomic E-state index is 8.69. The van der Waals surface area contributed by atoms with E-state index in [-0.39, 0.29) is 5.60 Å². The average molecular weight is 195 g/mol. The number of hydrogen-bond donors (Lipinski definition) is 2. The van der Waals surface area contributed by atoms with Crippen molar-refractivity contribution in [3.8, 4) is 0 Å². The van der Waals surface area contributed by atoms with Crippen LogP contribution >= 0.6 is 0 Å². The Labute approximate surface area is 84.7 Å². The predicted octanol–water partition coefficient (Wildman–Crippen LogP) is 2.05. The monoisotopic (exact) mass is 195 g/mol. The zero-order chi connectivity index (χ0) is 10.6. The number of ether oxygens (including phenoxy) is 1. The molecule has 0 spiro atoms. The normalized spacial score (nSPS) is 11.7. The first-order valence-corrected chi connectivity index (χ1v) is 4.62. The van der Waals surface area contributed by atoms with Crippen LogP contribution in [0.1, 0.15) is 25.0 Å². The van der Waals surface area contributed by atoms with Gasteiger partial charge in [-0.2, -0.15) is 0 Å². The first-order chi connectivity index (χ1) is 6.61. The van der Waals surface area contributed by atoms with Crippen molar-refractivity contribution in [2.75, 3.05) is 7.11 Å². The topological polar surface area (TPSA) is 41.5 Å². The lowest BCUT2D eigenvalue weighted by atomic mass is 9.93. The molecule has 0 heterocycles. The fourth-order valence-corrected chi connectivity index (χ4v) is 1.46. The van der Waals surface area contributed by atoms with Gasteiger partial charge in [0.05, 0.1) is 5.60 Å². The fourth-order valence-electron chi connectivity index (χ4n) is 1.46. The first-order valence-electron chi connectivity index (χ1n) is 4.62. The summed E-state index contributed by atoms with van der Waals surface area (Å²) in [5.41, 5.74) is 3.97. The summed E-state index contributed by atoms with van der Waals surface area (Å²) in [6, 6.07) is 7.90. The molecular formula is C11H17NO2. The standard InChI is InChI=1S/C11H17NO2/c1-11(2,14-3)10-7-5-4-6-9(10)8-12-13/h4-7,12-13H,8H2,1-3H3. The van der Waals surface area contributed by atoms with Gasteiger partial charge in [0.2, 0.25) is 0 Å². The van der Waals surface area contributed by atoms with Gasteiger partial charge in [0.15, 0.2) is 0 Å². The average Bonchev–Trinajstić information content (AvgIpc) is 2.19. The van der Waals surface area contributed by atoms with E-state index in [1.54, 1.807) is 7.11 Å². The van der Waals surface area contributed by atoms with E-state index in [1.807, 2.05) is 38.1 Å². The number of nitrogens with one attached hydrogen (secondary N) is 1. The van der Waals surface area contributed by atoms with Crippen molar-refractivity contribution in [3.63, 3.8) is 0 Å². The smallest absolute Gasteiger partial charge is 0.0874 e. The summed E-state index contributed by atoms with van der Waals surface area (Å²) in [6.45, 7) is 4.44. The third-order valence-corrected chi connectivity index (χ3v) is 2.45. The number of methoxy groups -OCH3 is 1. The largest absolute Gasteiger partial charge is 0.374 e.